The number of likely N-dealkylation sites (N-methyl/N-ethyl adjacent to an activating group) is 1. The van der Waals surface area contributed by atoms with Gasteiger partial charge in [0.2, 0.25) is 5.82 Å². The quantitative estimate of drug-likeness (QED) is 0.795. The lowest BCUT2D eigenvalue weighted by Gasteiger charge is -2.33. The zero-order valence-electron chi connectivity index (χ0n) is 15.5. The molecule has 1 aromatic heterocycles. The van der Waals surface area contributed by atoms with E-state index in [4.69, 9.17) is 0 Å². The standard InChI is InChI=1S/C19H27FN6/c1-24-11-13-25(14-12-24)18(15-7-9-16(20)10-8-15)19-21-22-23-26(19)17-5-3-2-4-6-17/h7-10,17-18H,2-6,11-14H2,1H3/p+2/t18-/m0/s1. The summed E-state index contributed by atoms with van der Waals surface area (Å²) in [5.41, 5.74) is 1.10. The van der Waals surface area contributed by atoms with Crippen LogP contribution in [-0.4, -0.2) is 53.4 Å². The largest absolute Gasteiger partial charge is 0.328 e. The number of tetrazole rings is 1. The van der Waals surface area contributed by atoms with Gasteiger partial charge in [0.1, 0.15) is 32.0 Å². The molecule has 0 unspecified atom stereocenters. The van der Waals surface area contributed by atoms with Gasteiger partial charge in [0, 0.05) is 5.56 Å². The van der Waals surface area contributed by atoms with E-state index >= 15 is 0 Å². The summed E-state index contributed by atoms with van der Waals surface area (Å²) in [6.07, 6.45) is 6.10. The highest BCUT2D eigenvalue weighted by Crippen LogP contribution is 2.30. The Balaban J connectivity index is 1.69. The fourth-order valence-electron chi connectivity index (χ4n) is 4.49. The maximum absolute atomic E-state index is 13.5. The molecule has 4 rings (SSSR count). The zero-order chi connectivity index (χ0) is 17.9. The van der Waals surface area contributed by atoms with Gasteiger partial charge in [-0.2, -0.15) is 0 Å². The minimum Gasteiger partial charge on any atom is -0.328 e. The number of nitrogens with one attached hydrogen (secondary N) is 2. The topological polar surface area (TPSA) is 52.5 Å². The first-order chi connectivity index (χ1) is 12.7. The Kier molecular flexibility index (Phi) is 5.26. The number of hydrogen-bond donors (Lipinski definition) is 2. The molecule has 2 heterocycles. The van der Waals surface area contributed by atoms with Crippen molar-refractivity contribution in [3.8, 4) is 0 Å². The van der Waals surface area contributed by atoms with Gasteiger partial charge in [-0.15, -0.1) is 5.10 Å². The van der Waals surface area contributed by atoms with E-state index in [1.54, 1.807) is 17.0 Å². The van der Waals surface area contributed by atoms with Crippen molar-refractivity contribution in [3.63, 3.8) is 0 Å². The Bertz CT molecular complexity index is 701. The summed E-state index contributed by atoms with van der Waals surface area (Å²) in [7, 11) is 2.25. The van der Waals surface area contributed by atoms with Gasteiger partial charge in [-0.1, -0.05) is 19.3 Å². The second-order valence-corrected chi connectivity index (χ2v) is 7.87. The average molecular weight is 360 g/mol. The first-order valence-electron chi connectivity index (χ1n) is 9.91. The number of aromatic nitrogens is 4. The van der Waals surface area contributed by atoms with Gasteiger partial charge in [0.05, 0.1) is 13.1 Å². The first kappa shape index (κ1) is 17.5. The second-order valence-electron chi connectivity index (χ2n) is 7.87. The smallest absolute Gasteiger partial charge is 0.214 e. The number of rotatable bonds is 4. The molecule has 0 amide bonds. The van der Waals surface area contributed by atoms with Crippen LogP contribution < -0.4 is 9.80 Å². The van der Waals surface area contributed by atoms with Gasteiger partial charge in [0.25, 0.3) is 0 Å². The fourth-order valence-corrected chi connectivity index (χ4v) is 4.49. The molecule has 26 heavy (non-hydrogen) atoms. The summed E-state index contributed by atoms with van der Waals surface area (Å²) in [5, 5.41) is 12.9. The van der Waals surface area contributed by atoms with Crippen molar-refractivity contribution in [2.24, 2.45) is 0 Å². The van der Waals surface area contributed by atoms with E-state index in [-0.39, 0.29) is 11.9 Å². The number of quaternary nitrogens is 2. The summed E-state index contributed by atoms with van der Waals surface area (Å²) in [6.45, 7) is 4.42. The summed E-state index contributed by atoms with van der Waals surface area (Å²) in [6, 6.07) is 7.38. The normalized spacial score (nSPS) is 25.9. The molecule has 0 spiro atoms. The van der Waals surface area contributed by atoms with E-state index in [1.165, 1.54) is 24.2 Å². The van der Waals surface area contributed by atoms with Gasteiger partial charge < -0.3 is 9.80 Å². The number of piperazine rings is 1. The molecule has 6 nitrogen and oxygen atoms in total. The van der Waals surface area contributed by atoms with E-state index in [2.05, 4.69) is 27.3 Å². The first-order valence-corrected chi connectivity index (χ1v) is 9.91. The predicted molar refractivity (Wildman–Crippen MR) is 95.5 cm³/mol. The second kappa shape index (κ2) is 7.80. The van der Waals surface area contributed by atoms with E-state index in [9.17, 15) is 4.39 Å². The third kappa shape index (κ3) is 3.64. The van der Waals surface area contributed by atoms with Crippen LogP contribution in [0.25, 0.3) is 0 Å². The molecule has 0 bridgehead atoms. The molecule has 1 atom stereocenters. The van der Waals surface area contributed by atoms with Gasteiger partial charge in [-0.3, -0.25) is 0 Å². The molecule has 2 aliphatic rings. The van der Waals surface area contributed by atoms with Crippen molar-refractivity contribution in [3.05, 3.63) is 41.5 Å². The van der Waals surface area contributed by atoms with Crippen molar-refractivity contribution in [1.82, 2.24) is 20.2 Å². The number of halogens is 1. The Morgan fingerprint density at radius 1 is 1.04 bits per heavy atom. The molecule has 2 N–H and O–H groups in total. The molecule has 140 valence electrons. The third-order valence-corrected chi connectivity index (χ3v) is 6.05. The van der Waals surface area contributed by atoms with E-state index in [0.29, 0.717) is 6.04 Å². The molecular formula is C19H29FN6+2. The van der Waals surface area contributed by atoms with Crippen LogP contribution in [0.1, 0.15) is 55.6 Å². The number of nitrogens with zero attached hydrogens (tertiary/aromatic N) is 4. The average Bonchev–Trinajstić information content (AvgIpc) is 3.15. The number of benzene rings is 1. The molecule has 1 saturated heterocycles. The lowest BCUT2D eigenvalue weighted by Crippen LogP contribution is -3.27. The predicted octanol–water partition coefficient (Wildman–Crippen LogP) is -0.180. The lowest BCUT2D eigenvalue weighted by molar-refractivity contribution is -1.02. The van der Waals surface area contributed by atoms with Gasteiger partial charge in [0.15, 0.2) is 6.04 Å². The van der Waals surface area contributed by atoms with E-state index in [0.717, 1.165) is 50.4 Å². The van der Waals surface area contributed by atoms with Crippen LogP contribution in [0.4, 0.5) is 4.39 Å². The monoisotopic (exact) mass is 360 g/mol. The van der Waals surface area contributed by atoms with Crippen LogP contribution in [0, 0.1) is 5.82 Å². The maximum atomic E-state index is 13.5. The van der Waals surface area contributed by atoms with Gasteiger partial charge in [-0.05, 0) is 47.5 Å². The van der Waals surface area contributed by atoms with Crippen LogP contribution >= 0.6 is 0 Å². The van der Waals surface area contributed by atoms with E-state index in [1.807, 2.05) is 12.1 Å². The van der Waals surface area contributed by atoms with Crippen molar-refractivity contribution >= 4 is 0 Å². The fraction of sp³-hybridized carbons (Fsp3) is 0.632. The molecule has 1 aromatic carbocycles. The van der Waals surface area contributed by atoms with Crippen LogP contribution in [0.3, 0.4) is 0 Å². The molecule has 0 radical (unpaired) electrons. The van der Waals surface area contributed by atoms with Gasteiger partial charge >= 0.3 is 0 Å². The Morgan fingerprint density at radius 2 is 1.73 bits per heavy atom. The van der Waals surface area contributed by atoms with E-state index < -0.39 is 0 Å². The minimum absolute atomic E-state index is 0.0700. The maximum Gasteiger partial charge on any atom is 0.214 e. The van der Waals surface area contributed by atoms with Crippen molar-refractivity contribution in [2.75, 3.05) is 33.2 Å². The highest BCUT2D eigenvalue weighted by molar-refractivity contribution is 5.23. The highest BCUT2D eigenvalue weighted by atomic mass is 19.1. The SMILES string of the molecule is C[NH+]1CC[NH+]([C@@H](c2ccc(F)cc2)c2nnnn2C2CCCCC2)CC1. The molecule has 1 aliphatic carbocycles. The molecule has 7 heteroatoms. The highest BCUT2D eigenvalue weighted by Gasteiger charge is 2.36. The summed E-state index contributed by atoms with van der Waals surface area (Å²) >= 11 is 0. The summed E-state index contributed by atoms with van der Waals surface area (Å²) < 4.78 is 15.6. The zero-order valence-corrected chi connectivity index (χ0v) is 15.5. The van der Waals surface area contributed by atoms with Crippen LogP contribution in [0.5, 0.6) is 0 Å². The Morgan fingerprint density at radius 3 is 2.42 bits per heavy atom. The third-order valence-electron chi connectivity index (χ3n) is 6.05. The molecule has 2 fully saturated rings. The molecular weight excluding hydrogens is 331 g/mol. The molecule has 2 aromatic rings. The van der Waals surface area contributed by atoms with Gasteiger partial charge in [-0.25, -0.2) is 9.07 Å². The molecule has 1 saturated carbocycles. The van der Waals surface area contributed by atoms with Crippen LogP contribution in [0.15, 0.2) is 24.3 Å². The van der Waals surface area contributed by atoms with Crippen molar-refractivity contribution < 1.29 is 14.2 Å². The summed E-state index contributed by atoms with van der Waals surface area (Å²) in [4.78, 5) is 3.05. The summed E-state index contributed by atoms with van der Waals surface area (Å²) in [5.74, 6) is 0.746. The van der Waals surface area contributed by atoms with Crippen LogP contribution in [0.2, 0.25) is 0 Å². The minimum atomic E-state index is -0.197. The lowest BCUT2D eigenvalue weighted by atomic mass is 9.95. The number of hydrogen-bond acceptors (Lipinski definition) is 3. The van der Waals surface area contributed by atoms with Crippen molar-refractivity contribution in [1.29, 1.82) is 0 Å². The Labute approximate surface area is 154 Å². The Hall–Kier alpha value is -1.86. The van der Waals surface area contributed by atoms with Crippen molar-refractivity contribution in [2.45, 2.75) is 44.2 Å². The molecule has 1 aliphatic heterocycles. The van der Waals surface area contributed by atoms with Crippen LogP contribution in [-0.2, 0) is 0 Å².